The van der Waals surface area contributed by atoms with E-state index in [0.29, 0.717) is 25.9 Å². The van der Waals surface area contributed by atoms with Crippen LogP contribution < -0.4 is 0 Å². The second kappa shape index (κ2) is 10.7. The predicted octanol–water partition coefficient (Wildman–Crippen LogP) is 0.529. The van der Waals surface area contributed by atoms with Gasteiger partial charge in [-0.25, -0.2) is 0 Å². The second-order valence-electron chi connectivity index (χ2n) is 9.23. The minimum Gasteiger partial charge on any atom is -0.389 e. The maximum Gasteiger partial charge on any atom is 0.227 e. The number of piperazine rings is 1. The number of carbonyl (C=O) groups excluding carboxylic acids is 2. The smallest absolute Gasteiger partial charge is 0.227 e. The third-order valence-corrected chi connectivity index (χ3v) is 6.76. The molecular formula is C24H35N3O5. The van der Waals surface area contributed by atoms with Crippen molar-refractivity contribution in [2.45, 2.75) is 50.0 Å². The van der Waals surface area contributed by atoms with Gasteiger partial charge in [-0.1, -0.05) is 30.3 Å². The van der Waals surface area contributed by atoms with Gasteiger partial charge < -0.3 is 29.3 Å². The first kappa shape index (κ1) is 23.2. The highest BCUT2D eigenvalue weighted by Crippen LogP contribution is 2.28. The molecule has 3 aliphatic rings. The number of β-amino-alcohol motifs (C(OH)–C–C–N with tert-alkyl or cyclic N) is 1. The molecule has 4 atom stereocenters. The lowest BCUT2D eigenvalue weighted by molar-refractivity contribution is -0.170. The summed E-state index contributed by atoms with van der Waals surface area (Å²) in [5.74, 6) is 0.128. The number of rotatable bonds is 4. The highest BCUT2D eigenvalue weighted by molar-refractivity contribution is 5.79. The summed E-state index contributed by atoms with van der Waals surface area (Å²) < 4.78 is 12.0. The summed E-state index contributed by atoms with van der Waals surface area (Å²) in [6.45, 7) is 4.05. The molecule has 176 valence electrons. The number of likely N-dealkylation sites (N-methyl/N-ethyl adjacent to an activating group) is 1. The van der Waals surface area contributed by atoms with Crippen molar-refractivity contribution in [3.63, 3.8) is 0 Å². The van der Waals surface area contributed by atoms with E-state index in [1.165, 1.54) is 0 Å². The molecule has 0 aliphatic carbocycles. The number of carbonyl (C=O) groups is 2. The zero-order valence-electron chi connectivity index (χ0n) is 18.9. The van der Waals surface area contributed by atoms with Gasteiger partial charge in [0, 0.05) is 32.7 Å². The minimum atomic E-state index is -0.716. The van der Waals surface area contributed by atoms with Crippen molar-refractivity contribution in [1.29, 1.82) is 0 Å². The van der Waals surface area contributed by atoms with Crippen LogP contribution in [0.2, 0.25) is 0 Å². The first-order chi connectivity index (χ1) is 15.5. The maximum absolute atomic E-state index is 13.2. The highest BCUT2D eigenvalue weighted by atomic mass is 16.5. The number of amides is 2. The van der Waals surface area contributed by atoms with Crippen LogP contribution in [0.4, 0.5) is 0 Å². The Balaban J connectivity index is 1.38. The number of fused-ring (bicyclic) bond motifs is 1. The van der Waals surface area contributed by atoms with Gasteiger partial charge in [-0.3, -0.25) is 9.59 Å². The van der Waals surface area contributed by atoms with Crippen molar-refractivity contribution in [3.8, 4) is 0 Å². The molecule has 3 heterocycles. The molecule has 0 unspecified atom stereocenters. The topological polar surface area (TPSA) is 82.6 Å². The summed E-state index contributed by atoms with van der Waals surface area (Å²) >= 11 is 0. The molecule has 8 nitrogen and oxygen atoms in total. The van der Waals surface area contributed by atoms with Gasteiger partial charge in [0.15, 0.2) is 0 Å². The van der Waals surface area contributed by atoms with Crippen LogP contribution in [-0.4, -0.2) is 109 Å². The molecule has 0 saturated carbocycles. The van der Waals surface area contributed by atoms with Gasteiger partial charge in [0.2, 0.25) is 11.8 Å². The molecule has 1 aromatic carbocycles. The molecule has 3 saturated heterocycles. The van der Waals surface area contributed by atoms with Gasteiger partial charge in [0.25, 0.3) is 0 Å². The van der Waals surface area contributed by atoms with Crippen LogP contribution in [0.1, 0.15) is 24.8 Å². The van der Waals surface area contributed by atoms with Crippen LogP contribution >= 0.6 is 0 Å². The van der Waals surface area contributed by atoms with Gasteiger partial charge in [-0.2, -0.15) is 0 Å². The number of hydrogen-bond donors (Lipinski definition) is 1. The second-order valence-corrected chi connectivity index (χ2v) is 9.23. The number of ether oxygens (including phenoxy) is 2. The lowest BCUT2D eigenvalue weighted by atomic mass is 9.94. The summed E-state index contributed by atoms with van der Waals surface area (Å²) in [5.41, 5.74) is 0.953. The van der Waals surface area contributed by atoms with Crippen LogP contribution in [0.3, 0.4) is 0 Å². The van der Waals surface area contributed by atoms with Crippen LogP contribution in [0.5, 0.6) is 0 Å². The third-order valence-electron chi connectivity index (χ3n) is 6.76. The molecule has 0 radical (unpaired) electrons. The van der Waals surface area contributed by atoms with Crippen molar-refractivity contribution in [2.75, 3.05) is 53.0 Å². The van der Waals surface area contributed by atoms with Gasteiger partial charge in [0.05, 0.1) is 44.3 Å². The Morgan fingerprint density at radius 3 is 2.53 bits per heavy atom. The van der Waals surface area contributed by atoms with Gasteiger partial charge in [-0.15, -0.1) is 0 Å². The Labute approximate surface area is 190 Å². The van der Waals surface area contributed by atoms with E-state index in [-0.39, 0.29) is 43.2 Å². The molecule has 1 aromatic rings. The lowest BCUT2D eigenvalue weighted by Gasteiger charge is -2.44. The quantitative estimate of drug-likeness (QED) is 0.728. The molecule has 0 bridgehead atoms. The zero-order valence-corrected chi connectivity index (χ0v) is 18.9. The lowest BCUT2D eigenvalue weighted by Crippen LogP contribution is -2.58. The van der Waals surface area contributed by atoms with Crippen molar-refractivity contribution in [3.05, 3.63) is 35.9 Å². The Hall–Kier alpha value is -2.00. The average molecular weight is 446 g/mol. The van der Waals surface area contributed by atoms with Crippen molar-refractivity contribution >= 4 is 11.8 Å². The van der Waals surface area contributed by atoms with Gasteiger partial charge >= 0.3 is 0 Å². The Bertz CT molecular complexity index is 768. The maximum atomic E-state index is 13.2. The number of aliphatic hydroxyl groups is 1. The molecule has 32 heavy (non-hydrogen) atoms. The molecule has 3 fully saturated rings. The first-order valence-corrected chi connectivity index (χ1v) is 11.7. The fraction of sp³-hybridized carbons (Fsp3) is 0.667. The fourth-order valence-corrected chi connectivity index (χ4v) is 4.88. The molecule has 8 heteroatoms. The number of aliphatic hydroxyl groups excluding tert-OH is 1. The van der Waals surface area contributed by atoms with Crippen molar-refractivity contribution in [1.82, 2.24) is 14.7 Å². The summed E-state index contributed by atoms with van der Waals surface area (Å²) in [4.78, 5) is 31.9. The Morgan fingerprint density at radius 1 is 1.03 bits per heavy atom. The van der Waals surface area contributed by atoms with E-state index in [1.807, 2.05) is 35.2 Å². The van der Waals surface area contributed by atoms with Gasteiger partial charge in [0.1, 0.15) is 6.10 Å². The normalized spacial score (nSPS) is 29.7. The largest absolute Gasteiger partial charge is 0.389 e. The van der Waals surface area contributed by atoms with E-state index in [9.17, 15) is 14.7 Å². The van der Waals surface area contributed by atoms with E-state index in [0.717, 1.165) is 38.2 Å². The van der Waals surface area contributed by atoms with Crippen LogP contribution in [0.15, 0.2) is 30.3 Å². The van der Waals surface area contributed by atoms with Crippen LogP contribution in [0, 0.1) is 0 Å². The summed E-state index contributed by atoms with van der Waals surface area (Å²) in [6, 6.07) is 9.50. The Morgan fingerprint density at radius 2 is 1.78 bits per heavy atom. The van der Waals surface area contributed by atoms with Crippen molar-refractivity contribution in [2.24, 2.45) is 0 Å². The summed E-state index contributed by atoms with van der Waals surface area (Å²) in [6.07, 6.45) is 0.945. The SMILES string of the molecule is CN1CCN(C(=O)C[C@H]2CC[C@@H]3[C@H](COC[C@@H](O)CN3C(=O)Cc3ccccc3)O2)CC1. The van der Waals surface area contributed by atoms with Crippen LogP contribution in [0.25, 0.3) is 0 Å². The predicted molar refractivity (Wildman–Crippen MR) is 119 cm³/mol. The van der Waals surface area contributed by atoms with Crippen molar-refractivity contribution < 1.29 is 24.2 Å². The van der Waals surface area contributed by atoms with Gasteiger partial charge in [-0.05, 0) is 25.5 Å². The van der Waals surface area contributed by atoms with E-state index >= 15 is 0 Å². The number of benzene rings is 1. The number of nitrogens with zero attached hydrogens (tertiary/aromatic N) is 3. The number of hydrogen-bond acceptors (Lipinski definition) is 6. The third kappa shape index (κ3) is 5.86. The summed E-state index contributed by atoms with van der Waals surface area (Å²) in [7, 11) is 2.07. The monoisotopic (exact) mass is 445 g/mol. The van der Waals surface area contributed by atoms with E-state index in [4.69, 9.17) is 9.47 Å². The fourth-order valence-electron chi connectivity index (χ4n) is 4.88. The molecular weight excluding hydrogens is 410 g/mol. The first-order valence-electron chi connectivity index (χ1n) is 11.7. The molecule has 0 aromatic heterocycles. The van der Waals surface area contributed by atoms with Crippen LogP contribution in [-0.2, 0) is 25.5 Å². The average Bonchev–Trinajstić information content (AvgIpc) is 2.78. The highest BCUT2D eigenvalue weighted by Gasteiger charge is 2.40. The molecule has 3 aliphatic heterocycles. The molecule has 1 N–H and O–H groups in total. The Kier molecular flexibility index (Phi) is 7.78. The van der Waals surface area contributed by atoms with E-state index in [2.05, 4.69) is 11.9 Å². The minimum absolute atomic E-state index is 0.0114. The molecule has 4 rings (SSSR count). The zero-order chi connectivity index (χ0) is 22.5. The molecule has 2 amide bonds. The standard InChI is InChI=1S/C24H35N3O5/c1-25-9-11-26(12-10-25)23(29)14-20-7-8-21-22(32-20)17-31-16-19(28)15-27(21)24(30)13-18-5-3-2-4-6-18/h2-6,19-22,28H,7-17H2,1H3/t19-,20+,21+,22-/m0/s1. The van der Waals surface area contributed by atoms with E-state index in [1.54, 1.807) is 4.90 Å². The molecule has 0 spiro atoms. The van der Waals surface area contributed by atoms with E-state index < -0.39 is 6.10 Å². The summed E-state index contributed by atoms with van der Waals surface area (Å²) in [5, 5.41) is 10.3.